The molecule has 218 valence electrons. The van der Waals surface area contributed by atoms with Crippen LogP contribution in [-0.2, 0) is 21.7 Å². The Morgan fingerprint density at radius 1 is 0.976 bits per heavy atom. The molecular formula is C34H37N3O5. The van der Waals surface area contributed by atoms with E-state index in [9.17, 15) is 9.59 Å². The summed E-state index contributed by atoms with van der Waals surface area (Å²) < 4.78 is 17.3. The van der Waals surface area contributed by atoms with E-state index in [1.165, 1.54) is 0 Å². The molecule has 4 aromatic rings. The van der Waals surface area contributed by atoms with E-state index >= 15 is 0 Å². The summed E-state index contributed by atoms with van der Waals surface area (Å²) in [4.78, 5) is 35.3. The lowest BCUT2D eigenvalue weighted by Gasteiger charge is -2.51. The molecule has 0 bridgehead atoms. The van der Waals surface area contributed by atoms with Gasteiger partial charge in [-0.05, 0) is 67.3 Å². The molecular weight excluding hydrogens is 530 g/mol. The first-order chi connectivity index (χ1) is 20.4. The van der Waals surface area contributed by atoms with E-state index < -0.39 is 5.54 Å². The van der Waals surface area contributed by atoms with Gasteiger partial charge in [0.2, 0.25) is 5.91 Å². The number of hydrogen-bond donors (Lipinski definition) is 1. The molecule has 6 rings (SSSR count). The minimum atomic E-state index is -1.17. The number of nitrogens with one attached hydrogen (secondary N) is 1. The van der Waals surface area contributed by atoms with Crippen molar-refractivity contribution in [3.8, 4) is 17.2 Å². The Balaban J connectivity index is 1.45. The van der Waals surface area contributed by atoms with Crippen molar-refractivity contribution >= 4 is 22.7 Å². The molecule has 8 heteroatoms. The lowest BCUT2D eigenvalue weighted by molar-refractivity contribution is -0.166. The number of ether oxygens (including phenoxy) is 3. The number of fused-ring (bicyclic) bond motifs is 5. The van der Waals surface area contributed by atoms with E-state index in [-0.39, 0.29) is 24.3 Å². The molecule has 2 aliphatic heterocycles. The number of aromatic nitrogens is 1. The topological polar surface area (TPSA) is 84.1 Å². The van der Waals surface area contributed by atoms with Crippen molar-refractivity contribution in [2.75, 3.05) is 33.4 Å². The molecule has 8 nitrogen and oxygen atoms in total. The molecule has 2 aliphatic rings. The van der Waals surface area contributed by atoms with Gasteiger partial charge in [0, 0.05) is 29.9 Å². The highest BCUT2D eigenvalue weighted by molar-refractivity contribution is 6.01. The third kappa shape index (κ3) is 4.55. The first-order valence-corrected chi connectivity index (χ1v) is 14.6. The van der Waals surface area contributed by atoms with Crippen molar-refractivity contribution in [2.24, 2.45) is 0 Å². The zero-order valence-electron chi connectivity index (χ0n) is 24.6. The lowest BCUT2D eigenvalue weighted by Crippen LogP contribution is -2.67. The fraction of sp³-hybridized carbons (Fsp3) is 0.353. The van der Waals surface area contributed by atoms with Gasteiger partial charge in [-0.2, -0.15) is 0 Å². The van der Waals surface area contributed by atoms with E-state index in [4.69, 9.17) is 14.2 Å². The van der Waals surface area contributed by atoms with Crippen molar-refractivity contribution in [1.29, 1.82) is 0 Å². The van der Waals surface area contributed by atoms with E-state index in [1.807, 2.05) is 68.4 Å². The standard InChI is InChI=1S/C34H37N3O5/c1-5-16-42-28-15-14-23(18-29(28)41-6-2)26-20-37-30(38)21-36(19-22-10-9-11-24(17-22)40-4)33(39)34(37,3)32-31(26)25-12-7-8-13-27(25)35-32/h7-15,17-18,26,35H,5-6,16,19-21H2,1-4H3/t26-,34+/m1/s1. The summed E-state index contributed by atoms with van der Waals surface area (Å²) in [5.74, 6) is 1.76. The number of nitrogens with zero attached hydrogens (tertiary/aromatic N) is 2. The number of aromatic amines is 1. The highest BCUT2D eigenvalue weighted by Crippen LogP contribution is 2.49. The molecule has 0 spiro atoms. The summed E-state index contributed by atoms with van der Waals surface area (Å²) >= 11 is 0. The van der Waals surface area contributed by atoms with Gasteiger partial charge in [-0.25, -0.2) is 0 Å². The van der Waals surface area contributed by atoms with Crippen LogP contribution in [0.15, 0.2) is 66.7 Å². The van der Waals surface area contributed by atoms with Gasteiger partial charge in [-0.15, -0.1) is 0 Å². The van der Waals surface area contributed by atoms with Crippen LogP contribution in [-0.4, -0.2) is 60.0 Å². The molecule has 3 heterocycles. The minimum Gasteiger partial charge on any atom is -0.497 e. The van der Waals surface area contributed by atoms with E-state index in [0.717, 1.165) is 39.7 Å². The third-order valence-electron chi connectivity index (χ3n) is 8.46. The maximum Gasteiger partial charge on any atom is 0.255 e. The average molecular weight is 568 g/mol. The van der Waals surface area contributed by atoms with Crippen LogP contribution in [0.4, 0.5) is 0 Å². The third-order valence-corrected chi connectivity index (χ3v) is 8.46. The quantitative estimate of drug-likeness (QED) is 0.285. The van der Waals surface area contributed by atoms with Gasteiger partial charge < -0.3 is 29.0 Å². The van der Waals surface area contributed by atoms with Crippen molar-refractivity contribution in [3.63, 3.8) is 0 Å². The van der Waals surface area contributed by atoms with Crippen molar-refractivity contribution in [3.05, 3.63) is 89.1 Å². The molecule has 1 fully saturated rings. The summed E-state index contributed by atoms with van der Waals surface area (Å²) in [5, 5.41) is 1.05. The zero-order chi connectivity index (χ0) is 29.4. The van der Waals surface area contributed by atoms with Gasteiger partial charge in [-0.1, -0.05) is 43.3 Å². The van der Waals surface area contributed by atoms with Crippen LogP contribution in [0.2, 0.25) is 0 Å². The monoisotopic (exact) mass is 567 g/mol. The first kappa shape index (κ1) is 27.7. The van der Waals surface area contributed by atoms with Gasteiger partial charge in [0.25, 0.3) is 5.91 Å². The second-order valence-corrected chi connectivity index (χ2v) is 11.1. The van der Waals surface area contributed by atoms with Gasteiger partial charge >= 0.3 is 0 Å². The number of hydrogen-bond acceptors (Lipinski definition) is 5. The molecule has 1 aromatic heterocycles. The zero-order valence-corrected chi connectivity index (χ0v) is 24.6. The Kier molecular flexibility index (Phi) is 7.31. The van der Waals surface area contributed by atoms with Gasteiger partial charge in [0.05, 0.1) is 26.0 Å². The van der Waals surface area contributed by atoms with Crippen molar-refractivity contribution in [2.45, 2.75) is 45.2 Å². The van der Waals surface area contributed by atoms with E-state index in [2.05, 4.69) is 24.0 Å². The minimum absolute atomic E-state index is 0.0158. The number of benzene rings is 3. The number of carbonyl (C=O) groups excluding carboxylic acids is 2. The summed E-state index contributed by atoms with van der Waals surface area (Å²) in [6, 6.07) is 21.8. The Labute approximate surface area is 246 Å². The number of H-pyrrole nitrogens is 1. The predicted molar refractivity (Wildman–Crippen MR) is 161 cm³/mol. The van der Waals surface area contributed by atoms with Crippen LogP contribution in [0.5, 0.6) is 17.2 Å². The average Bonchev–Trinajstić information content (AvgIpc) is 3.40. The summed E-state index contributed by atoms with van der Waals surface area (Å²) in [6.45, 7) is 7.73. The Morgan fingerprint density at radius 3 is 2.60 bits per heavy atom. The summed E-state index contributed by atoms with van der Waals surface area (Å²) in [7, 11) is 1.62. The number of piperazine rings is 1. The molecule has 3 aromatic carbocycles. The number of amides is 2. The smallest absolute Gasteiger partial charge is 0.255 e. The fourth-order valence-electron chi connectivity index (χ4n) is 6.43. The molecule has 2 amide bonds. The number of para-hydroxylation sites is 1. The molecule has 42 heavy (non-hydrogen) atoms. The van der Waals surface area contributed by atoms with Crippen LogP contribution in [0.3, 0.4) is 0 Å². The van der Waals surface area contributed by atoms with Crippen LogP contribution < -0.4 is 14.2 Å². The van der Waals surface area contributed by atoms with Crippen LogP contribution in [0, 0.1) is 0 Å². The number of rotatable bonds is 9. The molecule has 0 aliphatic carbocycles. The van der Waals surface area contributed by atoms with E-state index in [0.29, 0.717) is 43.6 Å². The Bertz CT molecular complexity index is 1650. The number of methoxy groups -OCH3 is 1. The second kappa shape index (κ2) is 11.1. The largest absolute Gasteiger partial charge is 0.497 e. The van der Waals surface area contributed by atoms with E-state index in [1.54, 1.807) is 16.9 Å². The lowest BCUT2D eigenvalue weighted by atomic mass is 9.76. The Morgan fingerprint density at radius 2 is 1.81 bits per heavy atom. The first-order valence-electron chi connectivity index (χ1n) is 14.6. The summed E-state index contributed by atoms with van der Waals surface area (Å²) in [6.07, 6.45) is 0.896. The normalized spacial score (nSPS) is 20.0. The van der Waals surface area contributed by atoms with Crippen molar-refractivity contribution < 1.29 is 23.8 Å². The van der Waals surface area contributed by atoms with Gasteiger partial charge in [-0.3, -0.25) is 9.59 Å². The van der Waals surface area contributed by atoms with Crippen LogP contribution in [0.25, 0.3) is 10.9 Å². The van der Waals surface area contributed by atoms with Crippen LogP contribution >= 0.6 is 0 Å². The maximum atomic E-state index is 14.4. The fourth-order valence-corrected chi connectivity index (χ4v) is 6.43. The molecule has 1 N–H and O–H groups in total. The predicted octanol–water partition coefficient (Wildman–Crippen LogP) is 5.60. The highest BCUT2D eigenvalue weighted by atomic mass is 16.5. The van der Waals surface area contributed by atoms with Gasteiger partial charge in [0.15, 0.2) is 17.0 Å². The maximum absolute atomic E-state index is 14.4. The second-order valence-electron chi connectivity index (χ2n) is 11.1. The SMILES string of the molecule is CCCOc1ccc([C@H]2CN3C(=O)CN(Cc4cccc(OC)c4)C(=O)[C@]3(C)c3[nH]c4ccccc4c32)cc1OCC. The van der Waals surface area contributed by atoms with Crippen LogP contribution in [0.1, 0.15) is 55.5 Å². The van der Waals surface area contributed by atoms with Gasteiger partial charge in [0.1, 0.15) is 12.3 Å². The highest BCUT2D eigenvalue weighted by Gasteiger charge is 2.56. The molecule has 0 unspecified atom stereocenters. The summed E-state index contributed by atoms with van der Waals surface area (Å²) in [5.41, 5.74) is 3.48. The Hall–Kier alpha value is -4.46. The molecule has 0 saturated carbocycles. The molecule has 2 atom stereocenters. The number of carbonyl (C=O) groups is 2. The molecule has 0 radical (unpaired) electrons. The molecule has 1 saturated heterocycles. The van der Waals surface area contributed by atoms with Crippen molar-refractivity contribution in [1.82, 2.24) is 14.8 Å².